The van der Waals surface area contributed by atoms with E-state index in [2.05, 4.69) is 124 Å². The average molecular weight is 1090 g/mol. The van der Waals surface area contributed by atoms with Gasteiger partial charge in [0.2, 0.25) is 0 Å². The van der Waals surface area contributed by atoms with Crippen molar-refractivity contribution in [2.24, 2.45) is 0 Å². The maximum Gasteiger partial charge on any atom is 0.148 e. The quantitative estimate of drug-likeness (QED) is 0.139. The van der Waals surface area contributed by atoms with E-state index in [1.165, 1.54) is 5.56 Å². The number of hydrogen-bond acceptors (Lipinski definition) is 3. The van der Waals surface area contributed by atoms with Gasteiger partial charge in [-0.25, -0.2) is 4.98 Å². The Morgan fingerprint density at radius 3 is 1.85 bits per heavy atom. The Bertz CT molecular complexity index is 3310. The third-order valence-electron chi connectivity index (χ3n) is 13.2. The molecule has 68 heavy (non-hydrogen) atoms. The third kappa shape index (κ3) is 9.82. The van der Waals surface area contributed by atoms with Crippen LogP contribution >= 0.6 is 0 Å². The zero-order chi connectivity index (χ0) is 52.6. The first-order chi connectivity index (χ1) is 33.4. The molecule has 0 unspecified atom stereocenters. The smallest absolute Gasteiger partial charge is 0.148 e. The Balaban J connectivity index is 0.00000780. The molecule has 0 saturated carbocycles. The second-order valence-corrected chi connectivity index (χ2v) is 21.4. The van der Waals surface area contributed by atoms with E-state index >= 15 is 0 Å². The summed E-state index contributed by atoms with van der Waals surface area (Å²) in [6, 6.07) is 42.1. The number of aromatic hydroxyl groups is 1. The van der Waals surface area contributed by atoms with Gasteiger partial charge < -0.3 is 5.11 Å². The van der Waals surface area contributed by atoms with Crippen LogP contribution in [0.5, 0.6) is 5.75 Å². The standard InChI is InChI=1S/C63H70N3O.Pt/c1-37(2)45-34-53(40(7)8)60(67)54(35-45)61-65-59-52(20-17-21-57(59)66(61)56-27-24-44(30-41(56)9)58-50(38(3)4)18-16-19-51(58)39(5)6)46-31-47(33-49(32-46)63(13,14)15)55-36-43(28-29-64-55)42-22-25-48(26-23-42)62(10,11)12;/h16-30,32-40,67H,1-15H3;/q-1;/i9D3,38D,39D;. The largest absolute Gasteiger partial charge is 0.507 e. The van der Waals surface area contributed by atoms with Crippen LogP contribution in [0.2, 0.25) is 0 Å². The number of imidazole rings is 1. The summed E-state index contributed by atoms with van der Waals surface area (Å²) in [6.45, 7) is 26.2. The number of hydrogen-bond donors (Lipinski definition) is 1. The molecule has 0 amide bonds. The molecule has 0 atom stereocenters. The minimum absolute atomic E-state index is 0. The molecular formula is C63H70N3OPt-. The number of rotatable bonds is 10. The van der Waals surface area contributed by atoms with Crippen LogP contribution in [-0.4, -0.2) is 19.6 Å². The first-order valence-corrected chi connectivity index (χ1v) is 23.8. The number of aromatic nitrogens is 3. The molecule has 5 heteroatoms. The summed E-state index contributed by atoms with van der Waals surface area (Å²) in [5.74, 6) is -1.51. The number of nitrogens with zero attached hydrogens (tertiary/aromatic N) is 3. The van der Waals surface area contributed by atoms with Gasteiger partial charge in [0.1, 0.15) is 11.6 Å². The number of aryl methyl sites for hydroxylation is 1. The Morgan fingerprint density at radius 2 is 1.25 bits per heavy atom. The van der Waals surface area contributed by atoms with E-state index in [1.807, 2.05) is 99.1 Å². The van der Waals surface area contributed by atoms with Crippen LogP contribution in [0.25, 0.3) is 72.7 Å². The summed E-state index contributed by atoms with van der Waals surface area (Å²) in [4.78, 5) is 10.4. The molecule has 8 rings (SSSR count). The average Bonchev–Trinajstić information content (AvgIpc) is 3.69. The number of phenols is 1. The fourth-order valence-corrected chi connectivity index (χ4v) is 9.15. The van der Waals surface area contributed by atoms with Gasteiger partial charge in [-0.3, -0.25) is 9.55 Å². The first-order valence-electron chi connectivity index (χ1n) is 26.3. The van der Waals surface area contributed by atoms with E-state index < -0.39 is 18.6 Å². The fourth-order valence-electron chi connectivity index (χ4n) is 9.15. The Labute approximate surface area is 428 Å². The van der Waals surface area contributed by atoms with Crippen LogP contribution in [0, 0.1) is 12.9 Å². The van der Waals surface area contributed by atoms with Crippen molar-refractivity contribution in [1.29, 1.82) is 0 Å². The SMILES string of the molecule is [2H]C([2H])([2H])c1cc(-c2c(C([2H])(C)C)cccc2C([2H])(C)C)ccc1-n1c(-c2cc(C(C)C)cc(C(C)C)c2O)nc2c(-c3[c-]c(-c4cc(-c5ccc(C(C)(C)C)cc5)ccn4)cc(C(C)(C)C)c3)cccc21.[Pt]. The summed E-state index contributed by atoms with van der Waals surface area (Å²) in [5, 5.41) is 12.4. The molecule has 2 aromatic heterocycles. The van der Waals surface area contributed by atoms with Gasteiger partial charge in [-0.2, -0.15) is 0 Å². The second-order valence-electron chi connectivity index (χ2n) is 21.4. The normalized spacial score (nSPS) is 13.8. The van der Waals surface area contributed by atoms with Gasteiger partial charge >= 0.3 is 0 Å². The second kappa shape index (κ2) is 19.4. The molecule has 0 fully saturated rings. The van der Waals surface area contributed by atoms with Gasteiger partial charge in [0.05, 0.1) is 22.3 Å². The molecular weight excluding hydrogens is 1010 g/mol. The molecule has 0 radical (unpaired) electrons. The zero-order valence-corrected chi connectivity index (χ0v) is 44.6. The van der Waals surface area contributed by atoms with E-state index in [4.69, 9.17) is 14.1 Å². The predicted molar refractivity (Wildman–Crippen MR) is 285 cm³/mol. The number of benzene rings is 6. The predicted octanol–water partition coefficient (Wildman–Crippen LogP) is 17.7. The summed E-state index contributed by atoms with van der Waals surface area (Å²) >= 11 is 0. The van der Waals surface area contributed by atoms with Crippen LogP contribution in [0.15, 0.2) is 121 Å². The monoisotopic (exact) mass is 1080 g/mol. The molecule has 2 heterocycles. The van der Waals surface area contributed by atoms with Crippen molar-refractivity contribution in [2.45, 2.75) is 138 Å². The Morgan fingerprint density at radius 1 is 0.618 bits per heavy atom. The van der Waals surface area contributed by atoms with Crippen molar-refractivity contribution in [3.8, 4) is 67.5 Å². The van der Waals surface area contributed by atoms with Gasteiger partial charge in [0, 0.05) is 39.8 Å². The van der Waals surface area contributed by atoms with Crippen molar-refractivity contribution in [1.82, 2.24) is 14.5 Å². The molecule has 354 valence electrons. The van der Waals surface area contributed by atoms with Crippen LogP contribution in [0.3, 0.4) is 0 Å². The molecule has 6 aromatic carbocycles. The molecule has 8 aromatic rings. The number of pyridine rings is 1. The maximum atomic E-state index is 12.4. The maximum absolute atomic E-state index is 12.4. The van der Waals surface area contributed by atoms with Crippen molar-refractivity contribution in [3.63, 3.8) is 0 Å². The number of fused-ring (bicyclic) bond motifs is 1. The van der Waals surface area contributed by atoms with E-state index in [9.17, 15) is 7.85 Å². The molecule has 4 nitrogen and oxygen atoms in total. The number of para-hydroxylation sites is 1. The first kappa shape index (κ1) is 43.7. The van der Waals surface area contributed by atoms with Crippen LogP contribution < -0.4 is 0 Å². The van der Waals surface area contributed by atoms with Crippen LogP contribution in [0.1, 0.15) is 166 Å². The van der Waals surface area contributed by atoms with Crippen LogP contribution in [0.4, 0.5) is 0 Å². The van der Waals surface area contributed by atoms with Gasteiger partial charge in [-0.05, 0) is 127 Å². The minimum atomic E-state index is -2.62. The van der Waals surface area contributed by atoms with Crippen molar-refractivity contribution in [3.05, 3.63) is 166 Å². The Hall–Kier alpha value is -5.57. The van der Waals surface area contributed by atoms with E-state index in [0.717, 1.165) is 50.2 Å². The van der Waals surface area contributed by atoms with Gasteiger partial charge in [-0.1, -0.05) is 181 Å². The summed E-state index contributed by atoms with van der Waals surface area (Å²) in [7, 11) is 0. The topological polar surface area (TPSA) is 50.9 Å². The van der Waals surface area contributed by atoms with Crippen molar-refractivity contribution >= 4 is 11.0 Å². The van der Waals surface area contributed by atoms with E-state index in [1.54, 1.807) is 6.07 Å². The van der Waals surface area contributed by atoms with Gasteiger partial charge in [-0.15, -0.1) is 29.3 Å². The molecule has 1 N–H and O–H groups in total. The van der Waals surface area contributed by atoms with Crippen molar-refractivity contribution < 1.29 is 33.0 Å². The van der Waals surface area contributed by atoms with Crippen LogP contribution in [-0.2, 0) is 31.9 Å². The molecule has 0 aliphatic carbocycles. The summed E-state index contributed by atoms with van der Waals surface area (Å²) in [6.07, 6.45) is 1.85. The Kier molecular flexibility index (Phi) is 12.5. The summed E-state index contributed by atoms with van der Waals surface area (Å²) in [5.41, 5.74) is 14.2. The summed E-state index contributed by atoms with van der Waals surface area (Å²) < 4.78 is 47.8. The molecule has 0 aliphatic heterocycles. The molecule has 0 aliphatic rings. The fraction of sp³-hybridized carbons (Fsp3) is 0.333. The molecule has 0 saturated heterocycles. The number of phenolic OH excluding ortho intramolecular Hbond substituents is 1. The zero-order valence-electron chi connectivity index (χ0n) is 47.3. The van der Waals surface area contributed by atoms with Crippen molar-refractivity contribution in [2.75, 3.05) is 0 Å². The van der Waals surface area contributed by atoms with E-state index in [-0.39, 0.29) is 55.0 Å². The molecule has 0 bridgehead atoms. The molecule has 0 spiro atoms. The van der Waals surface area contributed by atoms with E-state index in [0.29, 0.717) is 50.4 Å². The van der Waals surface area contributed by atoms with Gasteiger partial charge in [0.15, 0.2) is 0 Å². The third-order valence-corrected chi connectivity index (χ3v) is 13.2. The van der Waals surface area contributed by atoms with Gasteiger partial charge in [0.25, 0.3) is 0 Å². The minimum Gasteiger partial charge on any atom is -0.507 e.